The third-order valence-corrected chi connectivity index (χ3v) is 3.55. The number of benzene rings is 1. The van der Waals surface area contributed by atoms with Gasteiger partial charge in [0.15, 0.2) is 0 Å². The Morgan fingerprint density at radius 2 is 2.04 bits per heavy atom. The summed E-state index contributed by atoms with van der Waals surface area (Å²) in [6.45, 7) is 4.15. The molecule has 1 rings (SSSR count). The molecule has 0 aliphatic carbocycles. The number of nitrogen functional groups attached to an aromatic ring is 1. The van der Waals surface area contributed by atoms with E-state index in [0.717, 1.165) is 6.42 Å². The molecule has 0 saturated carbocycles. The Labute approximate surface area is 147 Å². The average molecular weight is 364 g/mol. The standard InChI is InChI=1S/C15H22ClN3O3.ClH/c1-4-9(2)19-14(20)5-6-18-15(21)10-7-11(16)12(17)8-13(10)22-3;/h7-9H,4-6,17H2,1-3H3,(H,18,21)(H,19,20);1H. The molecule has 6 nitrogen and oxygen atoms in total. The van der Waals surface area contributed by atoms with Gasteiger partial charge in [-0.3, -0.25) is 9.59 Å². The van der Waals surface area contributed by atoms with Crippen LogP contribution in [0.5, 0.6) is 5.75 Å². The first-order valence-corrected chi connectivity index (χ1v) is 7.47. The highest BCUT2D eigenvalue weighted by Crippen LogP contribution is 2.28. The summed E-state index contributed by atoms with van der Waals surface area (Å²) in [6.07, 6.45) is 1.07. The van der Waals surface area contributed by atoms with E-state index in [-0.39, 0.29) is 53.8 Å². The minimum Gasteiger partial charge on any atom is -0.496 e. The molecule has 0 aromatic heterocycles. The summed E-state index contributed by atoms with van der Waals surface area (Å²) in [4.78, 5) is 23.8. The Kier molecular flexibility index (Phi) is 9.44. The minimum absolute atomic E-state index is 0. The molecule has 0 saturated heterocycles. The number of carbonyl (C=O) groups is 2. The van der Waals surface area contributed by atoms with E-state index in [9.17, 15) is 9.59 Å². The molecule has 1 atom stereocenters. The molecule has 0 aliphatic rings. The first-order chi connectivity index (χ1) is 10.4. The molecule has 1 unspecified atom stereocenters. The maximum Gasteiger partial charge on any atom is 0.255 e. The SMILES string of the molecule is CCC(C)NC(=O)CCNC(=O)c1cc(Cl)c(N)cc1OC.Cl. The molecule has 8 heteroatoms. The van der Waals surface area contributed by atoms with Crippen LogP contribution in [-0.2, 0) is 4.79 Å². The Bertz CT molecular complexity index is 553. The predicted molar refractivity (Wildman–Crippen MR) is 94.5 cm³/mol. The number of anilines is 1. The van der Waals surface area contributed by atoms with Crippen LogP contribution in [0.25, 0.3) is 0 Å². The van der Waals surface area contributed by atoms with Crippen LogP contribution in [0.1, 0.15) is 37.0 Å². The molecular weight excluding hydrogens is 341 g/mol. The van der Waals surface area contributed by atoms with E-state index in [1.807, 2.05) is 13.8 Å². The van der Waals surface area contributed by atoms with Crippen LogP contribution in [-0.4, -0.2) is 31.5 Å². The summed E-state index contributed by atoms with van der Waals surface area (Å²) in [6, 6.07) is 3.07. The molecular formula is C15H23Cl2N3O3. The van der Waals surface area contributed by atoms with Gasteiger partial charge in [0.1, 0.15) is 5.75 Å². The Morgan fingerprint density at radius 1 is 1.39 bits per heavy atom. The van der Waals surface area contributed by atoms with Crippen LogP contribution in [0.3, 0.4) is 0 Å². The van der Waals surface area contributed by atoms with Crippen LogP contribution < -0.4 is 21.1 Å². The van der Waals surface area contributed by atoms with Crippen LogP contribution in [0.2, 0.25) is 5.02 Å². The molecule has 23 heavy (non-hydrogen) atoms. The fourth-order valence-electron chi connectivity index (χ4n) is 1.75. The van der Waals surface area contributed by atoms with Gasteiger partial charge in [-0.25, -0.2) is 0 Å². The Hall–Kier alpha value is -1.66. The average Bonchev–Trinajstić information content (AvgIpc) is 2.49. The van der Waals surface area contributed by atoms with Gasteiger partial charge in [0.25, 0.3) is 5.91 Å². The maximum absolute atomic E-state index is 12.1. The van der Waals surface area contributed by atoms with E-state index in [1.165, 1.54) is 19.2 Å². The highest BCUT2D eigenvalue weighted by molar-refractivity contribution is 6.33. The molecule has 1 aromatic rings. The molecule has 4 N–H and O–H groups in total. The van der Waals surface area contributed by atoms with Gasteiger partial charge < -0.3 is 21.1 Å². The quantitative estimate of drug-likeness (QED) is 0.648. The molecule has 130 valence electrons. The van der Waals surface area contributed by atoms with Crippen molar-refractivity contribution in [1.29, 1.82) is 0 Å². The van der Waals surface area contributed by atoms with Crippen molar-refractivity contribution in [2.24, 2.45) is 0 Å². The van der Waals surface area contributed by atoms with Gasteiger partial charge in [-0.15, -0.1) is 12.4 Å². The number of amides is 2. The van der Waals surface area contributed by atoms with E-state index in [1.54, 1.807) is 0 Å². The van der Waals surface area contributed by atoms with Crippen molar-refractivity contribution in [3.05, 3.63) is 22.7 Å². The van der Waals surface area contributed by atoms with Crippen molar-refractivity contribution in [2.45, 2.75) is 32.7 Å². The predicted octanol–water partition coefficient (Wildman–Crippen LogP) is 2.39. The first-order valence-electron chi connectivity index (χ1n) is 7.09. The summed E-state index contributed by atoms with van der Waals surface area (Å²) < 4.78 is 5.12. The molecule has 0 heterocycles. The number of hydrogen-bond acceptors (Lipinski definition) is 4. The number of nitrogens with one attached hydrogen (secondary N) is 2. The third-order valence-electron chi connectivity index (χ3n) is 3.22. The third kappa shape index (κ3) is 6.54. The van der Waals surface area contributed by atoms with E-state index in [4.69, 9.17) is 22.1 Å². The van der Waals surface area contributed by atoms with E-state index >= 15 is 0 Å². The lowest BCUT2D eigenvalue weighted by Crippen LogP contribution is -2.35. The molecule has 0 radical (unpaired) electrons. The number of ether oxygens (including phenoxy) is 1. The topological polar surface area (TPSA) is 93.5 Å². The highest BCUT2D eigenvalue weighted by Gasteiger charge is 2.15. The zero-order valence-corrected chi connectivity index (χ0v) is 15.0. The van der Waals surface area contributed by atoms with Crippen LogP contribution >= 0.6 is 24.0 Å². The van der Waals surface area contributed by atoms with Crippen molar-refractivity contribution >= 4 is 41.5 Å². The molecule has 2 amide bonds. The van der Waals surface area contributed by atoms with Crippen molar-refractivity contribution < 1.29 is 14.3 Å². The summed E-state index contributed by atoms with van der Waals surface area (Å²) in [5.74, 6) is -0.129. The number of halogens is 2. The van der Waals surface area contributed by atoms with E-state index in [0.29, 0.717) is 11.4 Å². The Morgan fingerprint density at radius 3 is 2.61 bits per heavy atom. The number of methoxy groups -OCH3 is 1. The molecule has 0 spiro atoms. The second-order valence-electron chi connectivity index (χ2n) is 4.96. The summed E-state index contributed by atoms with van der Waals surface area (Å²) >= 11 is 5.92. The highest BCUT2D eigenvalue weighted by atomic mass is 35.5. The maximum atomic E-state index is 12.1. The second kappa shape index (κ2) is 10.2. The van der Waals surface area contributed by atoms with Gasteiger partial charge in [0, 0.05) is 25.1 Å². The largest absolute Gasteiger partial charge is 0.496 e. The molecule has 0 fully saturated rings. The lowest BCUT2D eigenvalue weighted by Gasteiger charge is -2.13. The number of rotatable bonds is 7. The van der Waals surface area contributed by atoms with Crippen LogP contribution in [0.4, 0.5) is 5.69 Å². The molecule has 0 bridgehead atoms. The lowest BCUT2D eigenvalue weighted by atomic mass is 10.1. The smallest absolute Gasteiger partial charge is 0.255 e. The van der Waals surface area contributed by atoms with Gasteiger partial charge in [-0.1, -0.05) is 18.5 Å². The van der Waals surface area contributed by atoms with Crippen molar-refractivity contribution in [1.82, 2.24) is 10.6 Å². The zero-order chi connectivity index (χ0) is 16.7. The first kappa shape index (κ1) is 21.3. The van der Waals surface area contributed by atoms with Gasteiger partial charge >= 0.3 is 0 Å². The molecule has 0 aliphatic heterocycles. The van der Waals surface area contributed by atoms with E-state index < -0.39 is 0 Å². The van der Waals surface area contributed by atoms with Gasteiger partial charge in [0.05, 0.1) is 23.4 Å². The number of nitrogens with two attached hydrogens (primary N) is 1. The van der Waals surface area contributed by atoms with Crippen molar-refractivity contribution in [3.8, 4) is 5.75 Å². The van der Waals surface area contributed by atoms with E-state index in [2.05, 4.69) is 10.6 Å². The number of carbonyl (C=O) groups excluding carboxylic acids is 2. The van der Waals surface area contributed by atoms with Gasteiger partial charge in [-0.2, -0.15) is 0 Å². The Balaban J connectivity index is 0.00000484. The van der Waals surface area contributed by atoms with Gasteiger partial charge in [0.2, 0.25) is 5.91 Å². The molecule has 1 aromatic carbocycles. The monoisotopic (exact) mass is 363 g/mol. The fraction of sp³-hybridized carbons (Fsp3) is 0.467. The second-order valence-corrected chi connectivity index (χ2v) is 5.36. The zero-order valence-electron chi connectivity index (χ0n) is 13.4. The van der Waals surface area contributed by atoms with Crippen LogP contribution in [0.15, 0.2) is 12.1 Å². The van der Waals surface area contributed by atoms with Crippen LogP contribution in [0, 0.1) is 0 Å². The minimum atomic E-state index is -0.366. The van der Waals surface area contributed by atoms with Gasteiger partial charge in [-0.05, 0) is 19.4 Å². The number of hydrogen-bond donors (Lipinski definition) is 3. The lowest BCUT2D eigenvalue weighted by molar-refractivity contribution is -0.121. The summed E-state index contributed by atoms with van der Waals surface area (Å²) in [7, 11) is 1.44. The fourth-order valence-corrected chi connectivity index (χ4v) is 1.91. The normalized spacial score (nSPS) is 11.1. The summed E-state index contributed by atoms with van der Waals surface area (Å²) in [5, 5.41) is 5.77. The summed E-state index contributed by atoms with van der Waals surface area (Å²) in [5.41, 5.74) is 6.29. The van der Waals surface area contributed by atoms with Crippen molar-refractivity contribution in [3.63, 3.8) is 0 Å². The van der Waals surface area contributed by atoms with Crippen molar-refractivity contribution in [2.75, 3.05) is 19.4 Å².